The molecule has 0 bridgehead atoms. The van der Waals surface area contributed by atoms with Gasteiger partial charge in [0, 0.05) is 23.5 Å². The van der Waals surface area contributed by atoms with Crippen LogP contribution in [0.15, 0.2) is 48.8 Å². The predicted octanol–water partition coefficient (Wildman–Crippen LogP) is 3.47. The normalized spacial score (nSPS) is 11.5. The summed E-state index contributed by atoms with van der Waals surface area (Å²) in [5.41, 5.74) is 1.45. The van der Waals surface area contributed by atoms with E-state index in [-0.39, 0.29) is 5.83 Å². The van der Waals surface area contributed by atoms with Crippen molar-refractivity contribution in [1.82, 2.24) is 9.97 Å². The quantitative estimate of drug-likeness (QED) is 0.764. The molecule has 2 aromatic rings. The second-order valence-electron chi connectivity index (χ2n) is 3.29. The molecule has 2 nitrogen and oxygen atoms in total. The lowest BCUT2D eigenvalue weighted by atomic mass is 10.1. The zero-order valence-electron chi connectivity index (χ0n) is 8.89. The third-order valence-electron chi connectivity index (χ3n) is 2.24. The summed E-state index contributed by atoms with van der Waals surface area (Å²) in [5, 5.41) is 0. The van der Waals surface area contributed by atoms with Gasteiger partial charge >= 0.3 is 0 Å². The standard InChI is InChI=1S/C13H11FN2/c1-2-12(14)10-4-6-11(7-5-10)13-15-8-3-9-16-13/h2-9H,1H3/b12-2+. The number of hydrogen-bond acceptors (Lipinski definition) is 2. The van der Waals surface area contributed by atoms with Crippen LogP contribution in [0.1, 0.15) is 12.5 Å². The molecular formula is C13H11FN2. The van der Waals surface area contributed by atoms with Gasteiger partial charge in [-0.3, -0.25) is 0 Å². The van der Waals surface area contributed by atoms with E-state index in [1.807, 2.05) is 12.1 Å². The molecule has 0 N–H and O–H groups in total. The first-order valence-electron chi connectivity index (χ1n) is 5.01. The van der Waals surface area contributed by atoms with Crippen LogP contribution < -0.4 is 0 Å². The summed E-state index contributed by atoms with van der Waals surface area (Å²) in [4.78, 5) is 8.25. The Bertz CT molecular complexity index is 489. The first-order valence-corrected chi connectivity index (χ1v) is 5.01. The highest BCUT2D eigenvalue weighted by molar-refractivity contribution is 5.63. The molecule has 2 rings (SSSR count). The van der Waals surface area contributed by atoms with E-state index >= 15 is 0 Å². The summed E-state index contributed by atoms with van der Waals surface area (Å²) < 4.78 is 13.2. The van der Waals surface area contributed by atoms with Crippen molar-refractivity contribution >= 4 is 5.83 Å². The molecule has 0 radical (unpaired) electrons. The Morgan fingerprint density at radius 3 is 2.31 bits per heavy atom. The first-order chi connectivity index (χ1) is 7.81. The monoisotopic (exact) mass is 214 g/mol. The molecule has 0 fully saturated rings. The average Bonchev–Trinajstić information content (AvgIpc) is 2.39. The Kier molecular flexibility index (Phi) is 3.05. The van der Waals surface area contributed by atoms with E-state index in [9.17, 15) is 4.39 Å². The zero-order valence-corrected chi connectivity index (χ0v) is 8.89. The summed E-state index contributed by atoms with van der Waals surface area (Å²) in [6.45, 7) is 1.67. The Morgan fingerprint density at radius 1 is 1.12 bits per heavy atom. The summed E-state index contributed by atoms with van der Waals surface area (Å²) in [6.07, 6.45) is 4.81. The third kappa shape index (κ3) is 2.14. The van der Waals surface area contributed by atoms with Crippen LogP contribution >= 0.6 is 0 Å². The van der Waals surface area contributed by atoms with E-state index in [0.29, 0.717) is 11.4 Å². The highest BCUT2D eigenvalue weighted by atomic mass is 19.1. The minimum absolute atomic E-state index is 0.222. The van der Waals surface area contributed by atoms with Gasteiger partial charge in [-0.2, -0.15) is 0 Å². The van der Waals surface area contributed by atoms with Crippen LogP contribution in [-0.4, -0.2) is 9.97 Å². The van der Waals surface area contributed by atoms with Crippen LogP contribution in [-0.2, 0) is 0 Å². The number of nitrogens with zero attached hydrogens (tertiary/aromatic N) is 2. The van der Waals surface area contributed by atoms with Crippen LogP contribution in [0.3, 0.4) is 0 Å². The fraction of sp³-hybridized carbons (Fsp3) is 0.0769. The van der Waals surface area contributed by atoms with E-state index in [1.54, 1.807) is 37.5 Å². The van der Waals surface area contributed by atoms with Gasteiger partial charge in [-0.15, -0.1) is 0 Å². The summed E-state index contributed by atoms with van der Waals surface area (Å²) in [5.74, 6) is 0.426. The van der Waals surface area contributed by atoms with Gasteiger partial charge in [-0.05, 0) is 13.0 Å². The van der Waals surface area contributed by atoms with Gasteiger partial charge in [0.1, 0.15) is 5.83 Å². The smallest absolute Gasteiger partial charge is 0.159 e. The first kappa shape index (κ1) is 10.5. The van der Waals surface area contributed by atoms with Gasteiger partial charge in [-0.25, -0.2) is 14.4 Å². The number of aromatic nitrogens is 2. The fourth-order valence-electron chi connectivity index (χ4n) is 1.39. The summed E-state index contributed by atoms with van der Waals surface area (Å²) >= 11 is 0. The van der Waals surface area contributed by atoms with E-state index in [2.05, 4.69) is 9.97 Å². The molecule has 0 saturated heterocycles. The Labute approximate surface area is 93.5 Å². The minimum Gasteiger partial charge on any atom is -0.237 e. The summed E-state index contributed by atoms with van der Waals surface area (Å²) in [7, 11) is 0. The Balaban J connectivity index is 2.34. The molecule has 3 heteroatoms. The van der Waals surface area contributed by atoms with Crippen LogP contribution in [0.4, 0.5) is 4.39 Å². The summed E-state index contributed by atoms with van der Waals surface area (Å²) in [6, 6.07) is 8.83. The van der Waals surface area contributed by atoms with E-state index in [4.69, 9.17) is 0 Å². The molecule has 0 atom stereocenters. The van der Waals surface area contributed by atoms with Crippen LogP contribution in [0.25, 0.3) is 17.2 Å². The van der Waals surface area contributed by atoms with Crippen molar-refractivity contribution in [2.45, 2.75) is 6.92 Å². The molecular weight excluding hydrogens is 203 g/mol. The molecule has 0 unspecified atom stereocenters. The lowest BCUT2D eigenvalue weighted by molar-refractivity contribution is 0.758. The van der Waals surface area contributed by atoms with Crippen LogP contribution in [0.2, 0.25) is 0 Å². The molecule has 16 heavy (non-hydrogen) atoms. The molecule has 0 aliphatic heterocycles. The maximum Gasteiger partial charge on any atom is 0.159 e. The minimum atomic E-state index is -0.222. The predicted molar refractivity (Wildman–Crippen MR) is 62.2 cm³/mol. The van der Waals surface area contributed by atoms with Crippen molar-refractivity contribution in [1.29, 1.82) is 0 Å². The number of rotatable bonds is 2. The van der Waals surface area contributed by atoms with Crippen molar-refractivity contribution < 1.29 is 4.39 Å². The van der Waals surface area contributed by atoms with Crippen molar-refractivity contribution in [2.24, 2.45) is 0 Å². The lowest BCUT2D eigenvalue weighted by Crippen LogP contribution is -1.87. The largest absolute Gasteiger partial charge is 0.237 e. The maximum atomic E-state index is 13.2. The Morgan fingerprint density at radius 2 is 1.75 bits per heavy atom. The van der Waals surface area contributed by atoms with E-state index in [1.165, 1.54) is 6.08 Å². The SMILES string of the molecule is C/C=C(/F)c1ccc(-c2ncccn2)cc1. The number of allylic oxidation sites excluding steroid dienone is 1. The third-order valence-corrected chi connectivity index (χ3v) is 2.24. The molecule has 0 aliphatic carbocycles. The topological polar surface area (TPSA) is 25.8 Å². The second kappa shape index (κ2) is 4.66. The maximum absolute atomic E-state index is 13.2. The molecule has 0 aliphatic rings. The molecule has 0 saturated carbocycles. The highest BCUT2D eigenvalue weighted by Crippen LogP contribution is 2.20. The lowest BCUT2D eigenvalue weighted by Gasteiger charge is -2.01. The average molecular weight is 214 g/mol. The van der Waals surface area contributed by atoms with Gasteiger partial charge < -0.3 is 0 Å². The van der Waals surface area contributed by atoms with Crippen molar-refractivity contribution in [3.05, 3.63) is 54.4 Å². The molecule has 0 amide bonds. The van der Waals surface area contributed by atoms with Crippen LogP contribution in [0.5, 0.6) is 0 Å². The molecule has 1 aromatic heterocycles. The second-order valence-corrected chi connectivity index (χ2v) is 3.29. The van der Waals surface area contributed by atoms with Gasteiger partial charge in [0.15, 0.2) is 5.82 Å². The number of hydrogen-bond donors (Lipinski definition) is 0. The van der Waals surface area contributed by atoms with Gasteiger partial charge in [0.05, 0.1) is 0 Å². The number of halogens is 1. The number of benzene rings is 1. The van der Waals surface area contributed by atoms with E-state index < -0.39 is 0 Å². The van der Waals surface area contributed by atoms with E-state index in [0.717, 1.165) is 5.56 Å². The molecule has 0 spiro atoms. The van der Waals surface area contributed by atoms with Crippen molar-refractivity contribution in [3.63, 3.8) is 0 Å². The van der Waals surface area contributed by atoms with Gasteiger partial charge in [-0.1, -0.05) is 30.3 Å². The van der Waals surface area contributed by atoms with Gasteiger partial charge in [0.25, 0.3) is 0 Å². The molecule has 1 heterocycles. The fourth-order valence-corrected chi connectivity index (χ4v) is 1.39. The van der Waals surface area contributed by atoms with Crippen LogP contribution in [0, 0.1) is 0 Å². The highest BCUT2D eigenvalue weighted by Gasteiger charge is 2.02. The van der Waals surface area contributed by atoms with Gasteiger partial charge in [0.2, 0.25) is 0 Å². The van der Waals surface area contributed by atoms with Crippen molar-refractivity contribution in [2.75, 3.05) is 0 Å². The molecule has 80 valence electrons. The molecule has 1 aromatic carbocycles. The van der Waals surface area contributed by atoms with Crippen molar-refractivity contribution in [3.8, 4) is 11.4 Å². The Hall–Kier alpha value is -2.03. The zero-order chi connectivity index (χ0) is 11.4.